The number of nitrogens with one attached hydrogen (secondary N) is 1. The first kappa shape index (κ1) is 18.5. The van der Waals surface area contributed by atoms with Crippen LogP contribution in [-0.2, 0) is 6.54 Å². The Morgan fingerprint density at radius 3 is 2.79 bits per heavy atom. The number of hydrogen-bond donors (Lipinski definition) is 3. The van der Waals surface area contributed by atoms with E-state index in [1.165, 1.54) is 4.68 Å². The number of nitrogens with two attached hydrogens (primary N) is 1. The first-order valence-corrected chi connectivity index (χ1v) is 8.47. The number of imidazole rings is 1. The van der Waals surface area contributed by atoms with Crippen molar-refractivity contribution in [2.45, 2.75) is 26.8 Å². The number of aromatic amines is 1. The van der Waals surface area contributed by atoms with Gasteiger partial charge >= 0.3 is 0 Å². The van der Waals surface area contributed by atoms with E-state index in [2.05, 4.69) is 30.2 Å². The third-order valence-corrected chi connectivity index (χ3v) is 4.31. The van der Waals surface area contributed by atoms with Gasteiger partial charge in [0.05, 0.1) is 11.7 Å². The van der Waals surface area contributed by atoms with Gasteiger partial charge in [-0.1, -0.05) is 0 Å². The molecule has 0 fully saturated rings. The summed E-state index contributed by atoms with van der Waals surface area (Å²) >= 11 is 0. The fourth-order valence-corrected chi connectivity index (χ4v) is 2.96. The van der Waals surface area contributed by atoms with Crippen LogP contribution in [0.25, 0.3) is 28.6 Å². The normalized spacial score (nSPS) is 11.6. The maximum atomic E-state index is 13.0. The van der Waals surface area contributed by atoms with Gasteiger partial charge in [-0.15, -0.1) is 0 Å². The topological polar surface area (TPSA) is 153 Å². The van der Waals surface area contributed by atoms with E-state index in [9.17, 15) is 18.7 Å². The molecule has 4 rings (SSSR count). The standard InChI is InChI=1S/C16H15F2N9O2/c1-3-27-10(11(28)6(2)25-27)15-22-14(23-24-15)9-8-4-20-7(12(17)18)5-26(8)16(21-9)13(19)29/h4-5,12,28H,3H2,1-2H3,(H2,19,29)(H,22,23,24). The lowest BCUT2D eigenvalue weighted by Crippen LogP contribution is -2.15. The summed E-state index contributed by atoms with van der Waals surface area (Å²) in [7, 11) is 0. The Balaban J connectivity index is 1.88. The average molecular weight is 403 g/mol. The van der Waals surface area contributed by atoms with Gasteiger partial charge in [0.1, 0.15) is 22.8 Å². The number of carbonyl (C=O) groups is 1. The van der Waals surface area contributed by atoms with Gasteiger partial charge in [0.15, 0.2) is 11.6 Å². The van der Waals surface area contributed by atoms with Crippen molar-refractivity contribution in [3.63, 3.8) is 0 Å². The van der Waals surface area contributed by atoms with Crippen LogP contribution in [0, 0.1) is 6.92 Å². The highest BCUT2D eigenvalue weighted by atomic mass is 19.3. The molecule has 0 atom stereocenters. The zero-order chi connectivity index (χ0) is 20.9. The second-order valence-electron chi connectivity index (χ2n) is 6.12. The van der Waals surface area contributed by atoms with E-state index >= 15 is 0 Å². The molecule has 29 heavy (non-hydrogen) atoms. The Kier molecular flexibility index (Phi) is 4.21. The predicted molar refractivity (Wildman–Crippen MR) is 95.1 cm³/mol. The monoisotopic (exact) mass is 403 g/mol. The summed E-state index contributed by atoms with van der Waals surface area (Å²) in [6.45, 7) is 3.96. The Morgan fingerprint density at radius 1 is 1.38 bits per heavy atom. The number of primary amides is 1. The molecule has 0 bridgehead atoms. The summed E-state index contributed by atoms with van der Waals surface area (Å²) in [5.74, 6) is -0.936. The molecule has 4 aromatic rings. The van der Waals surface area contributed by atoms with Crippen LogP contribution in [0.15, 0.2) is 12.4 Å². The highest BCUT2D eigenvalue weighted by Gasteiger charge is 2.24. The van der Waals surface area contributed by atoms with Crippen molar-refractivity contribution < 1.29 is 18.7 Å². The summed E-state index contributed by atoms with van der Waals surface area (Å²) in [4.78, 5) is 23.9. The number of halogens is 2. The lowest BCUT2D eigenvalue weighted by molar-refractivity contribution is 0.0989. The summed E-state index contributed by atoms with van der Waals surface area (Å²) in [6, 6.07) is 0. The molecule has 150 valence electrons. The molecule has 4 aromatic heterocycles. The summed E-state index contributed by atoms with van der Waals surface area (Å²) < 4.78 is 28.6. The third-order valence-electron chi connectivity index (χ3n) is 4.31. The van der Waals surface area contributed by atoms with E-state index < -0.39 is 18.0 Å². The van der Waals surface area contributed by atoms with Gasteiger partial charge in [-0.3, -0.25) is 24.0 Å². The number of nitrogens with zero attached hydrogens (tertiary/aromatic N) is 7. The van der Waals surface area contributed by atoms with E-state index in [1.54, 1.807) is 6.92 Å². The molecule has 1 amide bonds. The molecule has 0 aliphatic carbocycles. The van der Waals surface area contributed by atoms with Gasteiger partial charge in [0.2, 0.25) is 11.6 Å². The maximum absolute atomic E-state index is 13.0. The minimum absolute atomic E-state index is 0.0619. The number of carbonyl (C=O) groups excluding carboxylic acids is 1. The molecule has 0 aliphatic heterocycles. The van der Waals surface area contributed by atoms with Crippen LogP contribution >= 0.6 is 0 Å². The predicted octanol–water partition coefficient (Wildman–Crippen LogP) is 1.45. The van der Waals surface area contributed by atoms with Crippen molar-refractivity contribution in [2.24, 2.45) is 5.73 Å². The summed E-state index contributed by atoms with van der Waals surface area (Å²) in [5, 5.41) is 21.2. The molecule has 0 aromatic carbocycles. The largest absolute Gasteiger partial charge is 0.504 e. The second kappa shape index (κ2) is 6.61. The molecule has 0 aliphatic rings. The Hall–Kier alpha value is -3.90. The zero-order valence-corrected chi connectivity index (χ0v) is 15.3. The van der Waals surface area contributed by atoms with E-state index in [4.69, 9.17) is 5.73 Å². The summed E-state index contributed by atoms with van der Waals surface area (Å²) in [6.07, 6.45) is -0.686. The Bertz CT molecular complexity index is 1240. The molecular weight excluding hydrogens is 388 g/mol. The molecule has 0 saturated heterocycles. The fourth-order valence-electron chi connectivity index (χ4n) is 2.96. The molecule has 4 N–H and O–H groups in total. The van der Waals surface area contributed by atoms with Gasteiger partial charge in [0, 0.05) is 12.7 Å². The van der Waals surface area contributed by atoms with Crippen molar-refractivity contribution in [1.29, 1.82) is 0 Å². The SMILES string of the molecule is CCn1nc(C)c(O)c1-c1n[nH]c(-c2nc(C(N)=O)n3cc(C(F)F)ncc23)n1. The molecule has 0 radical (unpaired) electrons. The van der Waals surface area contributed by atoms with Crippen LogP contribution in [0.5, 0.6) is 5.75 Å². The van der Waals surface area contributed by atoms with Crippen molar-refractivity contribution in [2.75, 3.05) is 0 Å². The number of aromatic hydroxyl groups is 1. The highest BCUT2D eigenvalue weighted by molar-refractivity contribution is 5.92. The first-order valence-electron chi connectivity index (χ1n) is 8.47. The molecule has 0 saturated carbocycles. The van der Waals surface area contributed by atoms with Crippen LogP contribution < -0.4 is 5.73 Å². The van der Waals surface area contributed by atoms with Crippen LogP contribution in [0.2, 0.25) is 0 Å². The second-order valence-corrected chi connectivity index (χ2v) is 6.12. The number of aryl methyl sites for hydroxylation is 2. The molecular formula is C16H15F2N9O2. The number of fused-ring (bicyclic) bond motifs is 1. The molecule has 0 spiro atoms. The van der Waals surface area contributed by atoms with Crippen molar-refractivity contribution >= 4 is 11.4 Å². The molecule has 11 nitrogen and oxygen atoms in total. The minimum atomic E-state index is -2.83. The highest BCUT2D eigenvalue weighted by Crippen LogP contribution is 2.31. The van der Waals surface area contributed by atoms with Gasteiger partial charge in [-0.2, -0.15) is 10.2 Å². The van der Waals surface area contributed by atoms with Crippen molar-refractivity contribution in [1.82, 2.24) is 39.3 Å². The van der Waals surface area contributed by atoms with Gasteiger partial charge < -0.3 is 10.8 Å². The number of aromatic nitrogens is 8. The van der Waals surface area contributed by atoms with E-state index in [1.807, 2.05) is 6.92 Å². The van der Waals surface area contributed by atoms with Gasteiger partial charge in [0.25, 0.3) is 12.3 Å². The number of alkyl halides is 2. The number of H-pyrrole nitrogens is 1. The van der Waals surface area contributed by atoms with Crippen LogP contribution in [-0.4, -0.2) is 50.3 Å². The lowest BCUT2D eigenvalue weighted by Gasteiger charge is -2.01. The van der Waals surface area contributed by atoms with E-state index in [-0.39, 0.29) is 34.4 Å². The Labute approximate surface area is 161 Å². The number of rotatable bonds is 5. The van der Waals surface area contributed by atoms with E-state index in [0.29, 0.717) is 17.9 Å². The van der Waals surface area contributed by atoms with E-state index in [0.717, 1.165) is 16.8 Å². The molecule has 0 unspecified atom stereocenters. The average Bonchev–Trinajstić information content (AvgIpc) is 3.37. The van der Waals surface area contributed by atoms with Gasteiger partial charge in [-0.25, -0.2) is 18.7 Å². The van der Waals surface area contributed by atoms with Crippen LogP contribution in [0.1, 0.15) is 35.4 Å². The molecule has 4 heterocycles. The van der Waals surface area contributed by atoms with Crippen LogP contribution in [0.4, 0.5) is 8.78 Å². The number of hydrogen-bond acceptors (Lipinski definition) is 7. The smallest absolute Gasteiger partial charge is 0.285 e. The zero-order valence-electron chi connectivity index (χ0n) is 15.3. The fraction of sp³-hybridized carbons (Fsp3) is 0.250. The lowest BCUT2D eigenvalue weighted by atomic mass is 10.3. The van der Waals surface area contributed by atoms with Gasteiger partial charge in [-0.05, 0) is 13.8 Å². The molecule has 13 heteroatoms. The Morgan fingerprint density at radius 2 is 2.14 bits per heavy atom. The third kappa shape index (κ3) is 2.86. The summed E-state index contributed by atoms with van der Waals surface area (Å²) in [5.41, 5.74) is 5.90. The quantitative estimate of drug-likeness (QED) is 0.456. The minimum Gasteiger partial charge on any atom is -0.504 e. The number of amides is 1. The van der Waals surface area contributed by atoms with Crippen molar-refractivity contribution in [3.8, 4) is 28.8 Å². The van der Waals surface area contributed by atoms with Crippen LogP contribution in [0.3, 0.4) is 0 Å². The van der Waals surface area contributed by atoms with Crippen molar-refractivity contribution in [3.05, 3.63) is 29.6 Å². The maximum Gasteiger partial charge on any atom is 0.285 e. The first-order chi connectivity index (χ1) is 13.8.